The van der Waals surface area contributed by atoms with Crippen molar-refractivity contribution in [2.45, 2.75) is 26.8 Å². The summed E-state index contributed by atoms with van der Waals surface area (Å²) in [5.41, 5.74) is 4.10. The molecular weight excluding hydrogens is 426 g/mol. The normalized spacial score (nSPS) is 14.1. The first kappa shape index (κ1) is 23.7. The Hall–Kier alpha value is -3.45. The number of piperazine rings is 1. The van der Waals surface area contributed by atoms with Crippen LogP contribution in [0.25, 0.3) is 11.1 Å². The molecule has 2 aromatic carbocycles. The zero-order valence-electron chi connectivity index (χ0n) is 20.0. The van der Waals surface area contributed by atoms with E-state index >= 15 is 0 Å². The van der Waals surface area contributed by atoms with E-state index in [-0.39, 0.29) is 5.91 Å². The van der Waals surface area contributed by atoms with Gasteiger partial charge < -0.3 is 15.0 Å². The first-order chi connectivity index (χ1) is 16.7. The maximum absolute atomic E-state index is 12.0. The highest BCUT2D eigenvalue weighted by molar-refractivity contribution is 5.92. The van der Waals surface area contributed by atoms with Gasteiger partial charge >= 0.3 is 0 Å². The average molecular weight is 460 g/mol. The van der Waals surface area contributed by atoms with Gasteiger partial charge in [0.2, 0.25) is 0 Å². The molecule has 1 N–H and O–H groups in total. The van der Waals surface area contributed by atoms with E-state index < -0.39 is 0 Å². The van der Waals surface area contributed by atoms with Crippen molar-refractivity contribution < 1.29 is 9.53 Å². The molecule has 7 heteroatoms. The molecule has 178 valence electrons. The summed E-state index contributed by atoms with van der Waals surface area (Å²) in [6.07, 6.45) is 0.895. The molecule has 0 spiro atoms. The Labute approximate surface area is 201 Å². The van der Waals surface area contributed by atoms with E-state index in [1.807, 2.05) is 26.0 Å². The van der Waals surface area contributed by atoms with Crippen molar-refractivity contribution in [3.63, 3.8) is 0 Å². The maximum Gasteiger partial charge on any atom is 0.271 e. The van der Waals surface area contributed by atoms with E-state index in [0.717, 1.165) is 50.7 Å². The molecule has 0 bridgehead atoms. The lowest BCUT2D eigenvalue weighted by Crippen LogP contribution is -2.46. The van der Waals surface area contributed by atoms with Gasteiger partial charge in [-0.05, 0) is 54.3 Å². The number of anilines is 1. The summed E-state index contributed by atoms with van der Waals surface area (Å²) >= 11 is 0. The van der Waals surface area contributed by atoms with Gasteiger partial charge in [0.1, 0.15) is 5.75 Å². The average Bonchev–Trinajstić information content (AvgIpc) is 2.88. The van der Waals surface area contributed by atoms with Crippen molar-refractivity contribution in [1.29, 1.82) is 0 Å². The molecule has 1 amide bonds. The Balaban J connectivity index is 1.37. The molecule has 1 aliphatic heterocycles. The van der Waals surface area contributed by atoms with E-state index in [1.54, 1.807) is 6.07 Å². The van der Waals surface area contributed by atoms with E-state index in [9.17, 15) is 4.79 Å². The number of amides is 1. The number of aromatic nitrogens is 2. The van der Waals surface area contributed by atoms with Crippen molar-refractivity contribution in [3.8, 4) is 16.9 Å². The Bertz CT molecular complexity index is 1080. The summed E-state index contributed by atoms with van der Waals surface area (Å²) < 4.78 is 5.70. The quantitative estimate of drug-likeness (QED) is 0.522. The highest BCUT2D eigenvalue weighted by Gasteiger charge is 2.20. The first-order valence-electron chi connectivity index (χ1n) is 12.1. The molecule has 0 atom stereocenters. The summed E-state index contributed by atoms with van der Waals surface area (Å²) in [6, 6.07) is 20.6. The van der Waals surface area contributed by atoms with Gasteiger partial charge in [0.15, 0.2) is 11.5 Å². The zero-order chi connectivity index (χ0) is 23.8. The summed E-state index contributed by atoms with van der Waals surface area (Å²) in [5.74, 6) is 1.55. The highest BCUT2D eigenvalue weighted by Crippen LogP contribution is 2.28. The van der Waals surface area contributed by atoms with E-state index in [1.165, 1.54) is 16.7 Å². The van der Waals surface area contributed by atoms with E-state index in [4.69, 9.17) is 4.74 Å². The monoisotopic (exact) mass is 459 g/mol. The Morgan fingerprint density at radius 2 is 1.79 bits per heavy atom. The Morgan fingerprint density at radius 1 is 0.971 bits per heavy atom. The molecule has 1 aromatic heterocycles. The van der Waals surface area contributed by atoms with Crippen LogP contribution in [0.5, 0.6) is 5.75 Å². The lowest BCUT2D eigenvalue weighted by Gasteiger charge is -2.35. The van der Waals surface area contributed by atoms with Crippen molar-refractivity contribution in [3.05, 3.63) is 71.9 Å². The third-order valence-corrected chi connectivity index (χ3v) is 5.98. The molecule has 1 aliphatic rings. The Kier molecular flexibility index (Phi) is 8.09. The topological polar surface area (TPSA) is 70.6 Å². The third-order valence-electron chi connectivity index (χ3n) is 5.98. The van der Waals surface area contributed by atoms with Crippen LogP contribution in [0.1, 0.15) is 36.3 Å². The van der Waals surface area contributed by atoms with Crippen molar-refractivity contribution in [2.75, 3.05) is 44.2 Å². The number of carbonyl (C=O) groups excluding carboxylic acids is 1. The van der Waals surface area contributed by atoms with Crippen LogP contribution in [-0.2, 0) is 6.54 Å². The van der Waals surface area contributed by atoms with Crippen LogP contribution >= 0.6 is 0 Å². The van der Waals surface area contributed by atoms with Crippen molar-refractivity contribution >= 4 is 11.7 Å². The molecular formula is C27H33N5O2. The van der Waals surface area contributed by atoms with Gasteiger partial charge in [-0.2, -0.15) is 0 Å². The molecule has 0 aliphatic carbocycles. The standard InChI is InChI=1S/C27H33N5O2/c1-3-14-28-27(33)25-12-13-26(30-29-25)32-17-15-31(16-18-32)20-22-8-5-6-11-24(22)21-9-7-10-23(19-21)34-4-2/h5-13,19H,3-4,14-18,20H2,1-2H3,(H,28,33). The maximum atomic E-state index is 12.0. The second-order valence-electron chi connectivity index (χ2n) is 8.41. The predicted octanol–water partition coefficient (Wildman–Crippen LogP) is 4.00. The Morgan fingerprint density at radius 3 is 2.53 bits per heavy atom. The van der Waals surface area contributed by atoms with Gasteiger partial charge in [-0.25, -0.2) is 0 Å². The third kappa shape index (κ3) is 5.91. The van der Waals surface area contributed by atoms with Crippen LogP contribution in [0.3, 0.4) is 0 Å². The van der Waals surface area contributed by atoms with Crippen LogP contribution in [0, 0.1) is 0 Å². The fraction of sp³-hybridized carbons (Fsp3) is 0.370. The molecule has 0 radical (unpaired) electrons. The summed E-state index contributed by atoms with van der Waals surface area (Å²) in [6.45, 7) is 9.85. The van der Waals surface area contributed by atoms with Crippen molar-refractivity contribution in [2.24, 2.45) is 0 Å². The fourth-order valence-corrected chi connectivity index (χ4v) is 4.18. The number of ether oxygens (including phenoxy) is 1. The van der Waals surface area contributed by atoms with Crippen molar-refractivity contribution in [1.82, 2.24) is 20.4 Å². The smallest absolute Gasteiger partial charge is 0.271 e. The van der Waals surface area contributed by atoms with Gasteiger partial charge in [0, 0.05) is 39.3 Å². The minimum absolute atomic E-state index is 0.170. The van der Waals surface area contributed by atoms with E-state index in [0.29, 0.717) is 18.8 Å². The highest BCUT2D eigenvalue weighted by atomic mass is 16.5. The number of hydrogen-bond donors (Lipinski definition) is 1. The molecule has 34 heavy (non-hydrogen) atoms. The van der Waals surface area contributed by atoms with Crippen LogP contribution in [0.2, 0.25) is 0 Å². The largest absolute Gasteiger partial charge is 0.494 e. The minimum atomic E-state index is -0.170. The molecule has 1 fully saturated rings. The SMILES string of the molecule is CCCNC(=O)c1ccc(N2CCN(Cc3ccccc3-c3cccc(OCC)c3)CC2)nn1. The van der Waals surface area contributed by atoms with E-state index in [2.05, 4.69) is 67.8 Å². The van der Waals surface area contributed by atoms with Gasteiger partial charge in [-0.1, -0.05) is 43.3 Å². The summed E-state index contributed by atoms with van der Waals surface area (Å²) in [7, 11) is 0. The van der Waals surface area contributed by atoms with Crippen LogP contribution in [0.15, 0.2) is 60.7 Å². The minimum Gasteiger partial charge on any atom is -0.494 e. The molecule has 2 heterocycles. The zero-order valence-corrected chi connectivity index (χ0v) is 20.0. The van der Waals surface area contributed by atoms with Gasteiger partial charge in [-0.3, -0.25) is 9.69 Å². The molecule has 7 nitrogen and oxygen atoms in total. The number of nitrogens with one attached hydrogen (secondary N) is 1. The van der Waals surface area contributed by atoms with Gasteiger partial charge in [0.05, 0.1) is 6.61 Å². The number of hydrogen-bond acceptors (Lipinski definition) is 6. The van der Waals surface area contributed by atoms with Crippen LogP contribution in [-0.4, -0.2) is 60.3 Å². The molecule has 0 unspecified atom stereocenters. The lowest BCUT2D eigenvalue weighted by atomic mass is 9.99. The predicted molar refractivity (Wildman–Crippen MR) is 135 cm³/mol. The van der Waals surface area contributed by atoms with Gasteiger partial charge in [0.25, 0.3) is 5.91 Å². The lowest BCUT2D eigenvalue weighted by molar-refractivity contribution is 0.0947. The second-order valence-corrected chi connectivity index (χ2v) is 8.41. The number of carbonyl (C=O) groups is 1. The molecule has 1 saturated heterocycles. The molecule has 0 saturated carbocycles. The van der Waals surface area contributed by atoms with Gasteiger partial charge in [-0.15, -0.1) is 10.2 Å². The number of nitrogens with zero attached hydrogens (tertiary/aromatic N) is 4. The summed E-state index contributed by atoms with van der Waals surface area (Å²) in [5, 5.41) is 11.3. The molecule has 4 rings (SSSR count). The second kappa shape index (κ2) is 11.6. The number of rotatable bonds is 9. The summed E-state index contributed by atoms with van der Waals surface area (Å²) in [4.78, 5) is 16.8. The number of benzene rings is 2. The van der Waals surface area contributed by atoms with Crippen LogP contribution < -0.4 is 15.0 Å². The fourth-order valence-electron chi connectivity index (χ4n) is 4.18. The first-order valence-corrected chi connectivity index (χ1v) is 12.1. The molecule has 3 aromatic rings. The van der Waals surface area contributed by atoms with Crippen LogP contribution in [0.4, 0.5) is 5.82 Å².